The SMILES string of the molecule is Cl.Cl.Nc1cnc(OCCO)c(N)c1. The summed E-state index contributed by atoms with van der Waals surface area (Å²) in [7, 11) is 0. The number of hydrogen-bond acceptors (Lipinski definition) is 5. The van der Waals surface area contributed by atoms with E-state index in [0.717, 1.165) is 0 Å². The molecule has 1 rings (SSSR count). The Labute approximate surface area is 94.3 Å². The average molecular weight is 242 g/mol. The maximum absolute atomic E-state index is 8.45. The van der Waals surface area contributed by atoms with E-state index in [9.17, 15) is 0 Å². The van der Waals surface area contributed by atoms with E-state index < -0.39 is 0 Å². The van der Waals surface area contributed by atoms with Gasteiger partial charge in [-0.2, -0.15) is 0 Å². The molecule has 0 atom stereocenters. The second kappa shape index (κ2) is 7.49. The van der Waals surface area contributed by atoms with Crippen LogP contribution in [0.3, 0.4) is 0 Å². The Morgan fingerprint density at radius 2 is 2.00 bits per heavy atom. The van der Waals surface area contributed by atoms with Gasteiger partial charge in [-0.3, -0.25) is 0 Å². The van der Waals surface area contributed by atoms with Crippen molar-refractivity contribution in [1.29, 1.82) is 0 Å². The van der Waals surface area contributed by atoms with Gasteiger partial charge in [-0.1, -0.05) is 0 Å². The second-order valence-electron chi connectivity index (χ2n) is 2.24. The molecule has 0 aliphatic heterocycles. The first-order chi connectivity index (χ1) is 5.74. The lowest BCUT2D eigenvalue weighted by Crippen LogP contribution is -2.05. The van der Waals surface area contributed by atoms with Gasteiger partial charge in [-0.15, -0.1) is 24.8 Å². The van der Waals surface area contributed by atoms with Crippen LogP contribution in [-0.2, 0) is 0 Å². The van der Waals surface area contributed by atoms with E-state index in [1.165, 1.54) is 6.20 Å². The van der Waals surface area contributed by atoms with Gasteiger partial charge < -0.3 is 21.3 Å². The fourth-order valence-corrected chi connectivity index (χ4v) is 0.749. The van der Waals surface area contributed by atoms with Gasteiger partial charge in [0.05, 0.1) is 24.2 Å². The van der Waals surface area contributed by atoms with Crippen molar-refractivity contribution in [3.8, 4) is 5.88 Å². The highest BCUT2D eigenvalue weighted by atomic mass is 35.5. The highest BCUT2D eigenvalue weighted by Gasteiger charge is 2.00. The van der Waals surface area contributed by atoms with E-state index in [2.05, 4.69) is 4.98 Å². The fourth-order valence-electron chi connectivity index (χ4n) is 0.749. The molecule has 0 unspecified atom stereocenters. The van der Waals surface area contributed by atoms with Gasteiger partial charge in [0.15, 0.2) is 0 Å². The molecule has 0 amide bonds. The van der Waals surface area contributed by atoms with Crippen molar-refractivity contribution in [2.75, 3.05) is 24.7 Å². The van der Waals surface area contributed by atoms with Crippen molar-refractivity contribution in [2.24, 2.45) is 0 Å². The van der Waals surface area contributed by atoms with E-state index in [1.54, 1.807) is 6.07 Å². The van der Waals surface area contributed by atoms with E-state index in [1.807, 2.05) is 0 Å². The summed E-state index contributed by atoms with van der Waals surface area (Å²) in [6.07, 6.45) is 1.45. The lowest BCUT2D eigenvalue weighted by atomic mass is 10.4. The Morgan fingerprint density at radius 3 is 2.50 bits per heavy atom. The number of hydrogen-bond donors (Lipinski definition) is 3. The van der Waals surface area contributed by atoms with Crippen LogP contribution in [0, 0.1) is 0 Å². The largest absolute Gasteiger partial charge is 0.474 e. The van der Waals surface area contributed by atoms with E-state index in [0.29, 0.717) is 17.3 Å². The predicted octanol–water partition coefficient (Wildman–Crippen LogP) is 0.461. The molecular formula is C7H13Cl2N3O2. The second-order valence-corrected chi connectivity index (χ2v) is 2.24. The Hall–Kier alpha value is -0.910. The maximum Gasteiger partial charge on any atom is 0.237 e. The van der Waals surface area contributed by atoms with Crippen LogP contribution >= 0.6 is 24.8 Å². The summed E-state index contributed by atoms with van der Waals surface area (Å²) in [5.74, 6) is 0.304. The Bertz CT molecular complexity index is 273. The van der Waals surface area contributed by atoms with Crippen molar-refractivity contribution in [3.63, 3.8) is 0 Å². The molecule has 0 saturated heterocycles. The molecule has 0 aliphatic carbocycles. The first-order valence-electron chi connectivity index (χ1n) is 3.48. The van der Waals surface area contributed by atoms with Crippen LogP contribution in [0.4, 0.5) is 11.4 Å². The Morgan fingerprint density at radius 1 is 1.36 bits per heavy atom. The Balaban J connectivity index is 0. The van der Waals surface area contributed by atoms with E-state index >= 15 is 0 Å². The number of ether oxygens (including phenoxy) is 1. The zero-order valence-electron chi connectivity index (χ0n) is 7.34. The lowest BCUT2D eigenvalue weighted by molar-refractivity contribution is 0.197. The number of aliphatic hydroxyl groups is 1. The third-order valence-corrected chi connectivity index (χ3v) is 1.23. The number of aromatic nitrogens is 1. The minimum Gasteiger partial charge on any atom is -0.474 e. The third kappa shape index (κ3) is 4.36. The molecule has 0 bridgehead atoms. The number of nitrogens with two attached hydrogens (primary N) is 2. The van der Waals surface area contributed by atoms with Crippen molar-refractivity contribution >= 4 is 36.2 Å². The topological polar surface area (TPSA) is 94.4 Å². The van der Waals surface area contributed by atoms with Crippen LogP contribution in [0.5, 0.6) is 5.88 Å². The molecule has 82 valence electrons. The van der Waals surface area contributed by atoms with Gasteiger partial charge in [-0.05, 0) is 6.07 Å². The summed E-state index contributed by atoms with van der Waals surface area (Å²) >= 11 is 0. The average Bonchev–Trinajstić information content (AvgIpc) is 2.03. The fraction of sp³-hybridized carbons (Fsp3) is 0.286. The van der Waals surface area contributed by atoms with Crippen LogP contribution in [0.15, 0.2) is 12.3 Å². The highest BCUT2D eigenvalue weighted by molar-refractivity contribution is 5.85. The van der Waals surface area contributed by atoms with Crippen LogP contribution in [0.25, 0.3) is 0 Å². The molecule has 1 aromatic heterocycles. The molecule has 0 spiro atoms. The highest BCUT2D eigenvalue weighted by Crippen LogP contribution is 2.19. The zero-order chi connectivity index (χ0) is 8.97. The monoisotopic (exact) mass is 241 g/mol. The quantitative estimate of drug-likeness (QED) is 0.715. The van der Waals surface area contributed by atoms with Gasteiger partial charge in [0.2, 0.25) is 5.88 Å². The molecule has 7 heteroatoms. The summed E-state index contributed by atoms with van der Waals surface area (Å²) in [5.41, 5.74) is 11.8. The molecule has 0 saturated carbocycles. The summed E-state index contributed by atoms with van der Waals surface area (Å²) < 4.78 is 5.00. The summed E-state index contributed by atoms with van der Waals surface area (Å²) in [6, 6.07) is 1.56. The molecule has 0 aliphatic rings. The van der Waals surface area contributed by atoms with Crippen molar-refractivity contribution in [3.05, 3.63) is 12.3 Å². The molecule has 14 heavy (non-hydrogen) atoms. The van der Waals surface area contributed by atoms with Crippen molar-refractivity contribution < 1.29 is 9.84 Å². The summed E-state index contributed by atoms with van der Waals surface area (Å²) in [5, 5.41) is 8.45. The van der Waals surface area contributed by atoms with Crippen molar-refractivity contribution in [2.45, 2.75) is 0 Å². The van der Waals surface area contributed by atoms with Gasteiger partial charge in [0.25, 0.3) is 0 Å². The number of rotatable bonds is 3. The number of nitrogens with zero attached hydrogens (tertiary/aromatic N) is 1. The molecule has 1 heterocycles. The summed E-state index contributed by atoms with van der Waals surface area (Å²) in [4.78, 5) is 3.83. The third-order valence-electron chi connectivity index (χ3n) is 1.23. The maximum atomic E-state index is 8.45. The van der Waals surface area contributed by atoms with E-state index in [-0.39, 0.29) is 38.0 Å². The first kappa shape index (κ1) is 15.6. The number of pyridine rings is 1. The van der Waals surface area contributed by atoms with Crippen LogP contribution in [-0.4, -0.2) is 23.3 Å². The summed E-state index contributed by atoms with van der Waals surface area (Å²) in [6.45, 7) is 0.118. The van der Waals surface area contributed by atoms with Crippen molar-refractivity contribution in [1.82, 2.24) is 4.98 Å². The van der Waals surface area contributed by atoms with Gasteiger partial charge in [-0.25, -0.2) is 4.98 Å². The van der Waals surface area contributed by atoms with Gasteiger partial charge >= 0.3 is 0 Å². The van der Waals surface area contributed by atoms with Crippen LogP contribution in [0.2, 0.25) is 0 Å². The zero-order valence-corrected chi connectivity index (χ0v) is 8.98. The first-order valence-corrected chi connectivity index (χ1v) is 3.48. The molecule has 1 aromatic rings. The Kier molecular flexibility index (Phi) is 8.32. The van der Waals surface area contributed by atoms with Gasteiger partial charge in [0, 0.05) is 0 Å². The lowest BCUT2D eigenvalue weighted by Gasteiger charge is -2.05. The van der Waals surface area contributed by atoms with Gasteiger partial charge in [0.1, 0.15) is 6.61 Å². The molecule has 0 aromatic carbocycles. The minimum atomic E-state index is -0.0640. The number of anilines is 2. The number of halogens is 2. The van der Waals surface area contributed by atoms with Crippen LogP contribution < -0.4 is 16.2 Å². The molecule has 0 fully saturated rings. The van der Waals surface area contributed by atoms with E-state index in [4.69, 9.17) is 21.3 Å². The number of nitrogen functional groups attached to an aromatic ring is 2. The minimum absolute atomic E-state index is 0. The standard InChI is InChI=1S/C7H11N3O2.2ClH/c8-5-3-6(9)7(10-4-5)12-2-1-11;;/h3-4,11H,1-2,8-9H2;2*1H. The van der Waals surface area contributed by atoms with Crippen LogP contribution in [0.1, 0.15) is 0 Å². The smallest absolute Gasteiger partial charge is 0.237 e. The molecule has 5 N–H and O–H groups in total. The molecular weight excluding hydrogens is 229 g/mol. The molecule has 0 radical (unpaired) electrons. The number of aliphatic hydroxyl groups excluding tert-OH is 1. The molecule has 5 nitrogen and oxygen atoms in total. The predicted molar refractivity (Wildman–Crippen MR) is 60.1 cm³/mol. The normalized spacial score (nSPS) is 8.36.